The molecule has 0 spiro atoms. The Morgan fingerprint density at radius 2 is 2.10 bits per heavy atom. The van der Waals surface area contributed by atoms with Crippen LogP contribution in [0.25, 0.3) is 11.3 Å². The van der Waals surface area contributed by atoms with Crippen LogP contribution in [0.15, 0.2) is 30.3 Å². The van der Waals surface area contributed by atoms with Gasteiger partial charge in [-0.25, -0.2) is 0 Å². The highest BCUT2D eigenvalue weighted by Crippen LogP contribution is 2.39. The summed E-state index contributed by atoms with van der Waals surface area (Å²) in [6.45, 7) is 2.10. The van der Waals surface area contributed by atoms with Crippen LogP contribution in [-0.2, 0) is 4.79 Å². The third-order valence-corrected chi connectivity index (χ3v) is 4.29. The van der Waals surface area contributed by atoms with Crippen molar-refractivity contribution >= 4 is 22.4 Å². The number of benzene rings is 1. The summed E-state index contributed by atoms with van der Waals surface area (Å²) in [5.74, 6) is 1.63. The molecule has 1 amide bonds. The van der Waals surface area contributed by atoms with Gasteiger partial charge >= 0.3 is 0 Å². The molecule has 1 aliphatic rings. The number of anilines is 1. The van der Waals surface area contributed by atoms with Gasteiger partial charge in [0.25, 0.3) is 0 Å². The Balaban J connectivity index is 1.70. The Kier molecular flexibility index (Phi) is 3.44. The van der Waals surface area contributed by atoms with Crippen molar-refractivity contribution in [3.63, 3.8) is 0 Å². The van der Waals surface area contributed by atoms with E-state index in [4.69, 9.17) is 4.74 Å². The van der Waals surface area contributed by atoms with Gasteiger partial charge in [0.05, 0.1) is 12.8 Å². The molecular formula is C15H16N2O2S. The molecule has 4 nitrogen and oxygen atoms in total. The molecule has 1 N–H and O–H groups in total. The number of nitrogens with zero attached hydrogens (tertiary/aromatic N) is 1. The molecule has 3 rings (SSSR count). The van der Waals surface area contributed by atoms with Crippen LogP contribution in [0.3, 0.4) is 0 Å². The molecule has 0 unspecified atom stereocenters. The molecular weight excluding hydrogens is 272 g/mol. The summed E-state index contributed by atoms with van der Waals surface area (Å²) in [5.41, 5.74) is 1.89. The van der Waals surface area contributed by atoms with Crippen molar-refractivity contribution in [3.8, 4) is 17.0 Å². The van der Waals surface area contributed by atoms with E-state index in [2.05, 4.69) is 16.6 Å². The number of hydrogen-bond donors (Lipinski definition) is 1. The fourth-order valence-corrected chi connectivity index (χ4v) is 2.80. The van der Waals surface area contributed by atoms with E-state index in [9.17, 15) is 4.79 Å². The van der Waals surface area contributed by atoms with Crippen molar-refractivity contribution in [3.05, 3.63) is 30.3 Å². The summed E-state index contributed by atoms with van der Waals surface area (Å²) in [6, 6.07) is 9.64. The number of methoxy groups -OCH3 is 1. The lowest BCUT2D eigenvalue weighted by atomic mass is 10.1. The van der Waals surface area contributed by atoms with E-state index in [0.29, 0.717) is 5.92 Å². The number of carbonyl (C=O) groups excluding carboxylic acids is 1. The first-order chi connectivity index (χ1) is 9.67. The summed E-state index contributed by atoms with van der Waals surface area (Å²) in [7, 11) is 1.64. The van der Waals surface area contributed by atoms with Crippen LogP contribution in [0.1, 0.15) is 13.3 Å². The van der Waals surface area contributed by atoms with Gasteiger partial charge in [0, 0.05) is 17.5 Å². The molecule has 104 valence electrons. The minimum atomic E-state index is 0.113. The Hall–Kier alpha value is -1.88. The van der Waals surface area contributed by atoms with E-state index in [1.807, 2.05) is 30.3 Å². The first kappa shape index (κ1) is 13.1. The maximum atomic E-state index is 11.9. The molecule has 1 aromatic heterocycles. The van der Waals surface area contributed by atoms with Crippen molar-refractivity contribution in [2.24, 2.45) is 11.8 Å². The van der Waals surface area contributed by atoms with Crippen molar-refractivity contribution in [1.82, 2.24) is 4.37 Å². The highest BCUT2D eigenvalue weighted by Gasteiger charge is 2.39. The molecule has 0 saturated heterocycles. The lowest BCUT2D eigenvalue weighted by molar-refractivity contribution is -0.117. The summed E-state index contributed by atoms with van der Waals surface area (Å²) in [6.07, 6.45) is 0.996. The summed E-state index contributed by atoms with van der Waals surface area (Å²) in [4.78, 5) is 11.9. The van der Waals surface area contributed by atoms with Crippen LogP contribution in [0.5, 0.6) is 5.75 Å². The molecule has 1 aromatic carbocycles. The van der Waals surface area contributed by atoms with Crippen molar-refractivity contribution in [2.75, 3.05) is 12.4 Å². The largest absolute Gasteiger partial charge is 0.497 e. The van der Waals surface area contributed by atoms with E-state index in [1.165, 1.54) is 11.5 Å². The molecule has 0 bridgehead atoms. The van der Waals surface area contributed by atoms with E-state index in [-0.39, 0.29) is 11.8 Å². The lowest BCUT2D eigenvalue weighted by Gasteiger charge is -2.00. The second-order valence-corrected chi connectivity index (χ2v) is 5.92. The third-order valence-electron chi connectivity index (χ3n) is 3.59. The molecule has 0 aliphatic heterocycles. The van der Waals surface area contributed by atoms with Gasteiger partial charge in [0.15, 0.2) is 0 Å². The number of amides is 1. The molecule has 5 heteroatoms. The van der Waals surface area contributed by atoms with Crippen molar-refractivity contribution < 1.29 is 9.53 Å². The topological polar surface area (TPSA) is 51.2 Å². The van der Waals surface area contributed by atoms with Crippen LogP contribution in [-0.4, -0.2) is 17.4 Å². The van der Waals surface area contributed by atoms with Gasteiger partial charge in [0.2, 0.25) is 5.91 Å². The molecule has 20 heavy (non-hydrogen) atoms. The molecule has 2 aromatic rings. The summed E-state index contributed by atoms with van der Waals surface area (Å²) >= 11 is 1.32. The monoisotopic (exact) mass is 288 g/mol. The van der Waals surface area contributed by atoms with Crippen LogP contribution >= 0.6 is 11.5 Å². The number of carbonyl (C=O) groups is 1. The van der Waals surface area contributed by atoms with Gasteiger partial charge in [-0.2, -0.15) is 4.37 Å². The van der Waals surface area contributed by atoms with Crippen LogP contribution in [0.4, 0.5) is 5.00 Å². The number of rotatable bonds is 4. The van der Waals surface area contributed by atoms with E-state index in [0.717, 1.165) is 28.4 Å². The van der Waals surface area contributed by atoms with Gasteiger partial charge in [-0.05, 0) is 48.1 Å². The van der Waals surface area contributed by atoms with Gasteiger partial charge in [-0.3, -0.25) is 4.79 Å². The maximum Gasteiger partial charge on any atom is 0.228 e. The average molecular weight is 288 g/mol. The Bertz CT molecular complexity index is 621. The second-order valence-electron chi connectivity index (χ2n) is 5.11. The standard InChI is InChI=1S/C15H16N2O2S/c1-9-7-12(9)15(18)16-14-8-13(17-20-14)10-3-5-11(19-2)6-4-10/h3-6,8-9,12H,7H2,1-2H3,(H,16,18)/t9-,12-/m1/s1. The van der Waals surface area contributed by atoms with Gasteiger partial charge in [-0.1, -0.05) is 6.92 Å². The van der Waals surface area contributed by atoms with Crippen LogP contribution in [0.2, 0.25) is 0 Å². The predicted molar refractivity (Wildman–Crippen MR) is 80.0 cm³/mol. The zero-order valence-corrected chi connectivity index (χ0v) is 12.2. The highest BCUT2D eigenvalue weighted by atomic mass is 32.1. The lowest BCUT2D eigenvalue weighted by Crippen LogP contribution is -2.13. The van der Waals surface area contributed by atoms with Crippen LogP contribution in [0, 0.1) is 11.8 Å². The quantitative estimate of drug-likeness (QED) is 0.938. The smallest absolute Gasteiger partial charge is 0.228 e. The first-order valence-electron chi connectivity index (χ1n) is 6.59. The summed E-state index contributed by atoms with van der Waals surface area (Å²) < 4.78 is 9.51. The highest BCUT2D eigenvalue weighted by molar-refractivity contribution is 7.10. The van der Waals surface area contributed by atoms with Gasteiger partial charge < -0.3 is 10.1 Å². The Morgan fingerprint density at radius 1 is 1.40 bits per heavy atom. The van der Waals surface area contributed by atoms with E-state index in [1.54, 1.807) is 7.11 Å². The normalized spacial score (nSPS) is 20.5. The molecule has 2 atom stereocenters. The van der Waals surface area contributed by atoms with Crippen molar-refractivity contribution in [2.45, 2.75) is 13.3 Å². The van der Waals surface area contributed by atoms with E-state index < -0.39 is 0 Å². The van der Waals surface area contributed by atoms with Gasteiger partial charge in [0.1, 0.15) is 10.8 Å². The minimum absolute atomic E-state index is 0.113. The number of aromatic nitrogens is 1. The minimum Gasteiger partial charge on any atom is -0.497 e. The Morgan fingerprint density at radius 3 is 2.70 bits per heavy atom. The first-order valence-corrected chi connectivity index (χ1v) is 7.36. The maximum absolute atomic E-state index is 11.9. The third kappa shape index (κ3) is 2.67. The fraction of sp³-hybridized carbons (Fsp3) is 0.333. The SMILES string of the molecule is COc1ccc(-c2cc(NC(=O)[C@@H]3C[C@H]3C)sn2)cc1. The number of nitrogens with one attached hydrogen (secondary N) is 1. The fourth-order valence-electron chi connectivity index (χ4n) is 2.13. The zero-order chi connectivity index (χ0) is 14.1. The van der Waals surface area contributed by atoms with E-state index >= 15 is 0 Å². The predicted octanol–water partition coefficient (Wildman–Crippen LogP) is 3.41. The molecule has 1 fully saturated rings. The Labute approximate surface area is 121 Å². The van der Waals surface area contributed by atoms with Gasteiger partial charge in [-0.15, -0.1) is 0 Å². The molecule has 1 heterocycles. The molecule has 1 saturated carbocycles. The zero-order valence-electron chi connectivity index (χ0n) is 11.4. The molecule has 1 aliphatic carbocycles. The molecule has 0 radical (unpaired) electrons. The number of ether oxygens (including phenoxy) is 1. The average Bonchev–Trinajstić information content (AvgIpc) is 3.02. The summed E-state index contributed by atoms with van der Waals surface area (Å²) in [5, 5.41) is 3.74. The van der Waals surface area contributed by atoms with Crippen molar-refractivity contribution in [1.29, 1.82) is 0 Å². The number of hydrogen-bond acceptors (Lipinski definition) is 4. The van der Waals surface area contributed by atoms with Crippen LogP contribution < -0.4 is 10.1 Å². The second kappa shape index (κ2) is 5.25.